The Morgan fingerprint density at radius 3 is 2.06 bits per heavy atom. The third-order valence-electron chi connectivity index (χ3n) is 3.56. The minimum Gasteiger partial charge on any atom is -0.343 e. The van der Waals surface area contributed by atoms with Gasteiger partial charge in [-0.1, -0.05) is 20.8 Å². The summed E-state index contributed by atoms with van der Waals surface area (Å²) in [6.07, 6.45) is 2.62. The Bertz CT molecular complexity index is 217. The van der Waals surface area contributed by atoms with Gasteiger partial charge in [0.1, 0.15) is 0 Å². The molecule has 1 unspecified atom stereocenters. The smallest absolute Gasteiger partial charge is 0.222 e. The summed E-state index contributed by atoms with van der Waals surface area (Å²) in [6, 6.07) is 0. The predicted molar refractivity (Wildman–Crippen MR) is 73.8 cm³/mol. The molecule has 17 heavy (non-hydrogen) atoms. The number of hydrogen-bond donors (Lipinski definition) is 1. The lowest BCUT2D eigenvalue weighted by Crippen LogP contribution is -2.32. The van der Waals surface area contributed by atoms with Crippen molar-refractivity contribution in [1.29, 1.82) is 0 Å². The van der Waals surface area contributed by atoms with E-state index in [1.54, 1.807) is 0 Å². The summed E-state index contributed by atoms with van der Waals surface area (Å²) >= 11 is 0. The Hall–Kier alpha value is -0.570. The number of hydrogen-bond acceptors (Lipinski definition) is 2. The number of nitrogens with zero attached hydrogens (tertiary/aromatic N) is 1. The lowest BCUT2D eigenvalue weighted by atomic mass is 9.76. The van der Waals surface area contributed by atoms with Crippen LogP contribution in [0.25, 0.3) is 0 Å². The van der Waals surface area contributed by atoms with Crippen molar-refractivity contribution in [2.45, 2.75) is 53.9 Å². The van der Waals surface area contributed by atoms with Gasteiger partial charge in [0.2, 0.25) is 5.91 Å². The Morgan fingerprint density at radius 1 is 1.18 bits per heavy atom. The highest BCUT2D eigenvalue weighted by Crippen LogP contribution is 2.32. The first-order chi connectivity index (χ1) is 7.86. The molecule has 3 nitrogen and oxygen atoms in total. The third kappa shape index (κ3) is 6.06. The topological polar surface area (TPSA) is 46.3 Å². The fraction of sp³-hybridized carbons (Fsp3) is 0.929. The van der Waals surface area contributed by atoms with Crippen LogP contribution in [-0.4, -0.2) is 30.4 Å². The third-order valence-corrected chi connectivity index (χ3v) is 3.56. The van der Waals surface area contributed by atoms with Crippen LogP contribution in [-0.2, 0) is 4.79 Å². The van der Waals surface area contributed by atoms with Crippen LogP contribution in [0.1, 0.15) is 53.9 Å². The lowest BCUT2D eigenvalue weighted by Gasteiger charge is -2.31. The molecule has 0 aliphatic heterocycles. The second kappa shape index (κ2) is 7.70. The predicted octanol–water partition coefficient (Wildman–Crippen LogP) is 2.65. The van der Waals surface area contributed by atoms with E-state index in [0.29, 0.717) is 18.9 Å². The summed E-state index contributed by atoms with van der Waals surface area (Å²) < 4.78 is 0. The minimum absolute atomic E-state index is 0.239. The average Bonchev–Trinajstić information content (AvgIpc) is 2.24. The van der Waals surface area contributed by atoms with Crippen molar-refractivity contribution in [3.63, 3.8) is 0 Å². The first-order valence-electron chi connectivity index (χ1n) is 6.84. The standard InChI is InChI=1S/C14H30N2O/c1-6-16(7-2)13(17)9-8-12(10-11-15)14(3,4)5/h12H,6-11,15H2,1-5H3. The van der Waals surface area contributed by atoms with Crippen molar-refractivity contribution in [2.75, 3.05) is 19.6 Å². The van der Waals surface area contributed by atoms with E-state index < -0.39 is 0 Å². The van der Waals surface area contributed by atoms with Crippen LogP contribution in [0.5, 0.6) is 0 Å². The first kappa shape index (κ1) is 16.4. The quantitative estimate of drug-likeness (QED) is 0.746. The Balaban J connectivity index is 4.26. The zero-order valence-corrected chi connectivity index (χ0v) is 12.3. The maximum absolute atomic E-state index is 11.9. The average molecular weight is 242 g/mol. The summed E-state index contributed by atoms with van der Waals surface area (Å²) in [5.74, 6) is 0.813. The molecule has 0 rings (SSSR count). The SMILES string of the molecule is CCN(CC)C(=O)CCC(CCN)C(C)(C)C. The molecule has 0 aromatic heterocycles. The largest absolute Gasteiger partial charge is 0.343 e. The fourth-order valence-corrected chi connectivity index (χ4v) is 2.24. The molecule has 0 spiro atoms. The Kier molecular flexibility index (Phi) is 7.44. The number of rotatable bonds is 7. The summed E-state index contributed by atoms with van der Waals surface area (Å²) in [5, 5.41) is 0. The number of carbonyl (C=O) groups excluding carboxylic acids is 1. The Morgan fingerprint density at radius 2 is 1.71 bits per heavy atom. The molecule has 1 amide bonds. The van der Waals surface area contributed by atoms with Crippen LogP contribution in [0.2, 0.25) is 0 Å². The molecule has 0 saturated carbocycles. The van der Waals surface area contributed by atoms with Crippen molar-refractivity contribution in [2.24, 2.45) is 17.1 Å². The van der Waals surface area contributed by atoms with E-state index in [1.165, 1.54) is 0 Å². The van der Waals surface area contributed by atoms with Crippen molar-refractivity contribution in [3.05, 3.63) is 0 Å². The van der Waals surface area contributed by atoms with Crippen LogP contribution in [0, 0.1) is 11.3 Å². The molecule has 1 atom stereocenters. The molecule has 0 radical (unpaired) electrons. The molecule has 0 aromatic rings. The van der Waals surface area contributed by atoms with Gasteiger partial charge >= 0.3 is 0 Å². The monoisotopic (exact) mass is 242 g/mol. The molecule has 3 heteroatoms. The molecule has 2 N–H and O–H groups in total. The second-order valence-electron chi connectivity index (χ2n) is 5.75. The van der Waals surface area contributed by atoms with E-state index in [-0.39, 0.29) is 11.3 Å². The van der Waals surface area contributed by atoms with Crippen molar-refractivity contribution in [3.8, 4) is 0 Å². The van der Waals surface area contributed by atoms with E-state index in [0.717, 1.165) is 25.9 Å². The van der Waals surface area contributed by atoms with Gasteiger partial charge in [-0.05, 0) is 44.6 Å². The fourth-order valence-electron chi connectivity index (χ4n) is 2.24. The zero-order valence-electron chi connectivity index (χ0n) is 12.3. The maximum atomic E-state index is 11.9. The molecule has 0 aromatic carbocycles. The van der Waals surface area contributed by atoms with Crippen molar-refractivity contribution in [1.82, 2.24) is 4.90 Å². The van der Waals surface area contributed by atoms with E-state index >= 15 is 0 Å². The molecular formula is C14H30N2O. The first-order valence-corrected chi connectivity index (χ1v) is 6.84. The number of amides is 1. The Labute approximate surface area is 107 Å². The van der Waals surface area contributed by atoms with Crippen molar-refractivity contribution >= 4 is 5.91 Å². The molecule has 0 saturated heterocycles. The number of carbonyl (C=O) groups is 1. The molecule has 0 fully saturated rings. The van der Waals surface area contributed by atoms with Gasteiger partial charge < -0.3 is 10.6 Å². The molecule has 102 valence electrons. The van der Waals surface area contributed by atoms with Crippen LogP contribution in [0.15, 0.2) is 0 Å². The van der Waals surface area contributed by atoms with Crippen LogP contribution in [0.4, 0.5) is 0 Å². The van der Waals surface area contributed by atoms with Crippen LogP contribution < -0.4 is 5.73 Å². The summed E-state index contributed by atoms with van der Waals surface area (Å²) in [7, 11) is 0. The zero-order chi connectivity index (χ0) is 13.5. The summed E-state index contributed by atoms with van der Waals surface area (Å²) in [6.45, 7) is 13.1. The van der Waals surface area contributed by atoms with Gasteiger partial charge in [0, 0.05) is 19.5 Å². The summed E-state index contributed by atoms with van der Waals surface area (Å²) in [4.78, 5) is 13.8. The summed E-state index contributed by atoms with van der Waals surface area (Å²) in [5.41, 5.74) is 5.89. The molecule has 0 aliphatic carbocycles. The molecule has 0 heterocycles. The highest BCUT2D eigenvalue weighted by Gasteiger charge is 2.24. The van der Waals surface area contributed by atoms with Crippen LogP contribution >= 0.6 is 0 Å². The van der Waals surface area contributed by atoms with E-state index in [9.17, 15) is 4.79 Å². The molecule has 0 bridgehead atoms. The molecular weight excluding hydrogens is 212 g/mol. The van der Waals surface area contributed by atoms with Gasteiger partial charge in [-0.15, -0.1) is 0 Å². The normalized spacial score (nSPS) is 13.5. The number of nitrogens with two attached hydrogens (primary N) is 1. The van der Waals surface area contributed by atoms with E-state index in [1.807, 2.05) is 18.7 Å². The molecule has 0 aliphatic rings. The highest BCUT2D eigenvalue weighted by atomic mass is 16.2. The highest BCUT2D eigenvalue weighted by molar-refractivity contribution is 5.76. The van der Waals surface area contributed by atoms with Gasteiger partial charge in [-0.25, -0.2) is 0 Å². The van der Waals surface area contributed by atoms with Gasteiger partial charge in [-0.2, -0.15) is 0 Å². The maximum Gasteiger partial charge on any atom is 0.222 e. The van der Waals surface area contributed by atoms with Gasteiger partial charge in [0.15, 0.2) is 0 Å². The van der Waals surface area contributed by atoms with Gasteiger partial charge in [0.25, 0.3) is 0 Å². The van der Waals surface area contributed by atoms with Crippen molar-refractivity contribution < 1.29 is 4.79 Å². The van der Waals surface area contributed by atoms with Gasteiger partial charge in [0.05, 0.1) is 0 Å². The lowest BCUT2D eigenvalue weighted by molar-refractivity contribution is -0.131. The van der Waals surface area contributed by atoms with Gasteiger partial charge in [-0.3, -0.25) is 4.79 Å². The minimum atomic E-state index is 0.239. The second-order valence-corrected chi connectivity index (χ2v) is 5.75. The van der Waals surface area contributed by atoms with E-state index in [2.05, 4.69) is 20.8 Å². The van der Waals surface area contributed by atoms with E-state index in [4.69, 9.17) is 5.73 Å². The van der Waals surface area contributed by atoms with Crippen LogP contribution in [0.3, 0.4) is 0 Å².